The Morgan fingerprint density at radius 2 is 1.90 bits per heavy atom. The fourth-order valence-corrected chi connectivity index (χ4v) is 2.68. The number of phenols is 1. The maximum absolute atomic E-state index is 10.00. The molecule has 2 atom stereocenters. The highest BCUT2D eigenvalue weighted by molar-refractivity contribution is 5.35. The zero-order valence-electron chi connectivity index (χ0n) is 12.6. The molecule has 0 aliphatic heterocycles. The van der Waals surface area contributed by atoms with E-state index < -0.39 is 0 Å². The Hall–Kier alpha value is -1.74. The Morgan fingerprint density at radius 1 is 1.20 bits per heavy atom. The largest absolute Gasteiger partial charge is 0.508 e. The van der Waals surface area contributed by atoms with Crippen molar-refractivity contribution in [3.8, 4) is 5.75 Å². The lowest BCUT2D eigenvalue weighted by Gasteiger charge is -2.23. The van der Waals surface area contributed by atoms with Crippen LogP contribution in [0.15, 0.2) is 34.7 Å². The third kappa shape index (κ3) is 3.05. The van der Waals surface area contributed by atoms with Crippen LogP contribution in [0.5, 0.6) is 5.75 Å². The van der Waals surface area contributed by atoms with E-state index >= 15 is 0 Å². The highest BCUT2D eigenvalue weighted by Crippen LogP contribution is 2.29. The van der Waals surface area contributed by atoms with E-state index in [9.17, 15) is 5.11 Å². The summed E-state index contributed by atoms with van der Waals surface area (Å²) in [5.74, 6) is 2.23. The summed E-state index contributed by atoms with van der Waals surface area (Å²) in [6.07, 6.45) is 0.914. The van der Waals surface area contributed by atoms with Gasteiger partial charge in [-0.25, -0.2) is 0 Å². The van der Waals surface area contributed by atoms with Crippen molar-refractivity contribution < 1.29 is 9.52 Å². The van der Waals surface area contributed by atoms with Crippen LogP contribution >= 0.6 is 0 Å². The van der Waals surface area contributed by atoms with Crippen molar-refractivity contribution >= 4 is 0 Å². The number of benzene rings is 1. The first-order valence-corrected chi connectivity index (χ1v) is 7.13. The van der Waals surface area contributed by atoms with Gasteiger partial charge >= 0.3 is 0 Å². The van der Waals surface area contributed by atoms with Crippen LogP contribution in [0.2, 0.25) is 0 Å². The van der Waals surface area contributed by atoms with E-state index in [0.29, 0.717) is 5.75 Å². The van der Waals surface area contributed by atoms with E-state index in [-0.39, 0.29) is 12.1 Å². The van der Waals surface area contributed by atoms with Gasteiger partial charge in [0.2, 0.25) is 0 Å². The first kappa shape index (κ1) is 14.7. The summed E-state index contributed by atoms with van der Waals surface area (Å²) < 4.78 is 5.59. The minimum absolute atomic E-state index is 0.126. The fourth-order valence-electron chi connectivity index (χ4n) is 2.68. The van der Waals surface area contributed by atoms with Crippen molar-refractivity contribution in [2.24, 2.45) is 0 Å². The predicted molar refractivity (Wildman–Crippen MR) is 80.9 cm³/mol. The Balaban J connectivity index is 2.18. The van der Waals surface area contributed by atoms with E-state index in [2.05, 4.69) is 25.2 Å². The van der Waals surface area contributed by atoms with Crippen LogP contribution in [-0.2, 0) is 0 Å². The molecule has 0 fully saturated rings. The summed E-state index contributed by atoms with van der Waals surface area (Å²) >= 11 is 0. The maximum Gasteiger partial charge on any atom is 0.120 e. The van der Waals surface area contributed by atoms with Crippen LogP contribution in [0.25, 0.3) is 0 Å². The van der Waals surface area contributed by atoms with E-state index in [1.807, 2.05) is 32.0 Å². The molecule has 2 rings (SSSR count). The highest BCUT2D eigenvalue weighted by Gasteiger charge is 2.19. The molecule has 108 valence electrons. The van der Waals surface area contributed by atoms with Gasteiger partial charge in [0.05, 0.1) is 0 Å². The van der Waals surface area contributed by atoms with Crippen LogP contribution in [0.3, 0.4) is 0 Å². The summed E-state index contributed by atoms with van der Waals surface area (Å²) in [4.78, 5) is 0. The monoisotopic (exact) mass is 273 g/mol. The van der Waals surface area contributed by atoms with Gasteiger partial charge in [0.1, 0.15) is 17.3 Å². The number of aromatic hydroxyl groups is 1. The predicted octanol–water partition coefficient (Wildman–Crippen LogP) is 4.40. The van der Waals surface area contributed by atoms with E-state index in [1.54, 1.807) is 6.07 Å². The number of hydrogen-bond donors (Lipinski definition) is 2. The lowest BCUT2D eigenvalue weighted by molar-refractivity contribution is 0.415. The molecule has 0 aliphatic carbocycles. The lowest BCUT2D eigenvalue weighted by Crippen LogP contribution is -2.24. The number of rotatable bonds is 5. The minimum atomic E-state index is 0.126. The summed E-state index contributed by atoms with van der Waals surface area (Å²) in [6, 6.07) is 9.88. The number of nitrogens with one attached hydrogen (secondary N) is 1. The number of furan rings is 1. The standard InChI is InChI=1S/C17H23NO2/c1-5-16(14-8-6-7-9-17(14)19)18-12(3)15-10-11(2)20-13(15)4/h6-10,12,16,18-19H,5H2,1-4H3. The van der Waals surface area contributed by atoms with E-state index in [0.717, 1.165) is 23.5 Å². The van der Waals surface area contributed by atoms with Crippen molar-refractivity contribution in [2.75, 3.05) is 0 Å². The molecule has 3 heteroatoms. The molecule has 0 amide bonds. The van der Waals surface area contributed by atoms with Gasteiger partial charge in [0.25, 0.3) is 0 Å². The molecule has 20 heavy (non-hydrogen) atoms. The summed E-state index contributed by atoms with van der Waals surface area (Å²) in [6.45, 7) is 8.19. The molecule has 1 aromatic heterocycles. The molecule has 0 saturated carbocycles. The summed E-state index contributed by atoms with van der Waals surface area (Å²) in [5, 5.41) is 13.6. The normalized spacial score (nSPS) is 14.2. The van der Waals surface area contributed by atoms with Crippen molar-refractivity contribution in [3.63, 3.8) is 0 Å². The SMILES string of the molecule is CCC(NC(C)c1cc(C)oc1C)c1ccccc1O. The molecule has 1 heterocycles. The highest BCUT2D eigenvalue weighted by atomic mass is 16.3. The van der Waals surface area contributed by atoms with Crippen molar-refractivity contribution in [3.05, 3.63) is 53.0 Å². The van der Waals surface area contributed by atoms with Gasteiger partial charge < -0.3 is 14.8 Å². The molecule has 0 radical (unpaired) electrons. The van der Waals surface area contributed by atoms with Crippen LogP contribution in [-0.4, -0.2) is 5.11 Å². The molecule has 1 aromatic carbocycles. The molecule has 2 aromatic rings. The molecule has 3 nitrogen and oxygen atoms in total. The second-order valence-electron chi connectivity index (χ2n) is 5.28. The summed E-state index contributed by atoms with van der Waals surface area (Å²) in [7, 11) is 0. The fraction of sp³-hybridized carbons (Fsp3) is 0.412. The van der Waals surface area contributed by atoms with Crippen molar-refractivity contribution in [1.82, 2.24) is 5.32 Å². The van der Waals surface area contributed by atoms with Crippen LogP contribution in [0.1, 0.15) is 55.0 Å². The second-order valence-corrected chi connectivity index (χ2v) is 5.28. The van der Waals surface area contributed by atoms with Gasteiger partial charge in [-0.3, -0.25) is 0 Å². The molecular weight excluding hydrogens is 250 g/mol. The van der Waals surface area contributed by atoms with E-state index in [1.165, 1.54) is 5.56 Å². The number of aryl methyl sites for hydroxylation is 2. The third-order valence-electron chi connectivity index (χ3n) is 3.72. The van der Waals surface area contributed by atoms with Crippen LogP contribution in [0.4, 0.5) is 0 Å². The molecule has 0 saturated heterocycles. The summed E-state index contributed by atoms with van der Waals surface area (Å²) in [5.41, 5.74) is 2.12. The average molecular weight is 273 g/mol. The lowest BCUT2D eigenvalue weighted by atomic mass is 10.0. The third-order valence-corrected chi connectivity index (χ3v) is 3.72. The van der Waals surface area contributed by atoms with Gasteiger partial charge in [-0.1, -0.05) is 25.1 Å². The Labute approximate surface area is 120 Å². The van der Waals surface area contributed by atoms with Crippen molar-refractivity contribution in [2.45, 2.75) is 46.2 Å². The maximum atomic E-state index is 10.00. The molecular formula is C17H23NO2. The van der Waals surface area contributed by atoms with Crippen molar-refractivity contribution in [1.29, 1.82) is 0 Å². The number of phenolic OH excluding ortho intramolecular Hbond substituents is 1. The first-order valence-electron chi connectivity index (χ1n) is 7.13. The zero-order chi connectivity index (χ0) is 14.7. The Bertz CT molecular complexity index is 574. The Kier molecular flexibility index (Phi) is 4.50. The van der Waals surface area contributed by atoms with Crippen LogP contribution in [0, 0.1) is 13.8 Å². The smallest absolute Gasteiger partial charge is 0.120 e. The molecule has 0 spiro atoms. The van der Waals surface area contributed by atoms with Gasteiger partial charge in [-0.15, -0.1) is 0 Å². The topological polar surface area (TPSA) is 45.4 Å². The van der Waals surface area contributed by atoms with E-state index in [4.69, 9.17) is 4.42 Å². The quantitative estimate of drug-likeness (QED) is 0.848. The van der Waals surface area contributed by atoms with Gasteiger partial charge in [-0.2, -0.15) is 0 Å². The molecule has 2 unspecified atom stereocenters. The minimum Gasteiger partial charge on any atom is -0.508 e. The number of hydrogen-bond acceptors (Lipinski definition) is 3. The second kappa shape index (κ2) is 6.14. The molecule has 2 N–H and O–H groups in total. The van der Waals surface area contributed by atoms with Gasteiger partial charge in [0, 0.05) is 23.2 Å². The van der Waals surface area contributed by atoms with Crippen LogP contribution < -0.4 is 5.32 Å². The molecule has 0 aliphatic rings. The Morgan fingerprint density at radius 3 is 2.45 bits per heavy atom. The van der Waals surface area contributed by atoms with Gasteiger partial charge in [0.15, 0.2) is 0 Å². The first-order chi connectivity index (χ1) is 9.52. The molecule has 0 bridgehead atoms. The zero-order valence-corrected chi connectivity index (χ0v) is 12.6. The number of para-hydroxylation sites is 1. The average Bonchev–Trinajstić information content (AvgIpc) is 2.76. The van der Waals surface area contributed by atoms with Gasteiger partial charge in [-0.05, 0) is 39.3 Å².